The minimum absolute atomic E-state index is 0.149. The highest BCUT2D eigenvalue weighted by molar-refractivity contribution is 5.87. The van der Waals surface area contributed by atoms with Gasteiger partial charge < -0.3 is 43.2 Å². The fraction of sp³-hybridized carbons (Fsp3) is 0.667. The quantitative estimate of drug-likeness (QED) is 0.295. The third kappa shape index (κ3) is 5.19. The molecular weight excluding hydrogens is 586 g/mol. The van der Waals surface area contributed by atoms with Gasteiger partial charge in [0.05, 0.1) is 11.0 Å². The Labute approximate surface area is 262 Å². The molecule has 3 aliphatic heterocycles. The Hall–Kier alpha value is -3.19. The summed E-state index contributed by atoms with van der Waals surface area (Å²) in [5, 5.41) is 12.5. The lowest BCUT2D eigenvalue weighted by Crippen LogP contribution is -2.74. The average Bonchev–Trinajstić information content (AvgIpc) is 3.41. The monoisotopic (exact) mass is 629 g/mol. The van der Waals surface area contributed by atoms with Crippen LogP contribution in [0.2, 0.25) is 0 Å². The van der Waals surface area contributed by atoms with Gasteiger partial charge in [0, 0.05) is 18.0 Å². The second kappa shape index (κ2) is 10.2. The number of nitrogens with zero attached hydrogens (tertiary/aromatic N) is 1. The lowest BCUT2D eigenvalue weighted by atomic mass is 9.50. The number of aliphatic hydroxyl groups is 1. The van der Waals surface area contributed by atoms with E-state index in [1.54, 1.807) is 67.5 Å². The van der Waals surface area contributed by atoms with Crippen LogP contribution in [-0.4, -0.2) is 88.6 Å². The molecule has 2 bridgehead atoms. The molecule has 1 aromatic rings. The van der Waals surface area contributed by atoms with Crippen LogP contribution in [0.25, 0.3) is 0 Å². The number of hydrogen-bond donors (Lipinski definition) is 1. The van der Waals surface area contributed by atoms with E-state index in [9.17, 15) is 19.5 Å². The van der Waals surface area contributed by atoms with E-state index in [1.165, 1.54) is 0 Å². The molecule has 0 amide bonds. The molecule has 5 aliphatic rings. The van der Waals surface area contributed by atoms with Crippen LogP contribution in [0.5, 0.6) is 11.5 Å². The predicted octanol–water partition coefficient (Wildman–Crippen LogP) is 3.68. The van der Waals surface area contributed by atoms with Crippen molar-refractivity contribution in [2.75, 3.05) is 13.6 Å². The fourth-order valence-corrected chi connectivity index (χ4v) is 7.51. The molecule has 0 aromatic heterocycles. The van der Waals surface area contributed by atoms with Gasteiger partial charge in [0.2, 0.25) is 0 Å². The molecule has 12 nitrogen and oxygen atoms in total. The van der Waals surface area contributed by atoms with Gasteiger partial charge in [-0.1, -0.05) is 6.07 Å². The number of likely N-dealkylation sites (N-methyl/N-ethyl adjacent to an activating group) is 1. The first-order valence-corrected chi connectivity index (χ1v) is 15.4. The molecule has 1 N–H and O–H groups in total. The standard InChI is InChI=1S/C33H43NO11/c1-29(2,3)44-27(36)24-23(42-31(7,8)43-24)26(35)39-19-12-13-33(38)20-16-17-10-11-18(40-28(37)45-30(4,5)6)22-21(17)32(33,25(19)41-22)14-15-34(20)9/h10-12,20,23-25,38H,13-16H2,1-9H3/t20-,23-,24-,25+,32+,33-/m1/s1. The van der Waals surface area contributed by atoms with Crippen molar-refractivity contribution in [2.24, 2.45) is 0 Å². The van der Waals surface area contributed by atoms with Crippen molar-refractivity contribution in [3.8, 4) is 11.5 Å². The van der Waals surface area contributed by atoms with Gasteiger partial charge in [-0.2, -0.15) is 0 Å². The fourth-order valence-electron chi connectivity index (χ4n) is 7.51. The number of rotatable bonds is 4. The minimum atomic E-state index is -1.41. The molecular formula is C33H43NO11. The lowest BCUT2D eigenvalue weighted by molar-refractivity contribution is -0.180. The molecule has 12 heteroatoms. The maximum Gasteiger partial charge on any atom is 0.514 e. The number of hydrogen-bond acceptors (Lipinski definition) is 12. The Kier molecular flexibility index (Phi) is 7.17. The Bertz CT molecular complexity index is 1470. The van der Waals surface area contributed by atoms with Crippen molar-refractivity contribution in [3.63, 3.8) is 0 Å². The van der Waals surface area contributed by atoms with Crippen LogP contribution in [0.1, 0.15) is 79.4 Å². The third-order valence-electron chi connectivity index (χ3n) is 9.11. The van der Waals surface area contributed by atoms with E-state index in [-0.39, 0.29) is 24.0 Å². The first kappa shape index (κ1) is 31.8. The summed E-state index contributed by atoms with van der Waals surface area (Å²) in [7, 11) is 1.99. The van der Waals surface area contributed by atoms with Gasteiger partial charge in [-0.25, -0.2) is 14.4 Å². The first-order valence-electron chi connectivity index (χ1n) is 15.4. The van der Waals surface area contributed by atoms with Crippen molar-refractivity contribution in [3.05, 3.63) is 35.1 Å². The molecule has 2 saturated heterocycles. The van der Waals surface area contributed by atoms with Crippen molar-refractivity contribution in [1.29, 1.82) is 0 Å². The van der Waals surface area contributed by atoms with Gasteiger partial charge in [-0.05, 0) is 99.5 Å². The number of carbonyl (C=O) groups is 3. The molecule has 2 aliphatic carbocycles. The maximum absolute atomic E-state index is 13.8. The highest BCUT2D eigenvalue weighted by Crippen LogP contribution is 2.65. The predicted molar refractivity (Wildman–Crippen MR) is 158 cm³/mol. The smallest absolute Gasteiger partial charge is 0.477 e. The number of carbonyl (C=O) groups excluding carboxylic acids is 3. The second-order valence-electron chi connectivity index (χ2n) is 15.1. The summed E-state index contributed by atoms with van der Waals surface area (Å²) in [5.41, 5.74) is -2.16. The molecule has 6 atom stereocenters. The van der Waals surface area contributed by atoms with Crippen molar-refractivity contribution in [1.82, 2.24) is 4.90 Å². The highest BCUT2D eigenvalue weighted by Gasteiger charge is 2.72. The SMILES string of the molecule is CN1CC[C@]23c4c5ccc(OC(=O)OC(C)(C)C)c4O[C@H]2C(OC(=O)[C@@H]2OC(C)(C)O[C@H]2C(=O)OC(C)(C)C)=CC[C@@]3(O)[C@H]1C5. The second-order valence-corrected chi connectivity index (χ2v) is 15.1. The summed E-state index contributed by atoms with van der Waals surface area (Å²) in [6, 6.07) is 3.32. The van der Waals surface area contributed by atoms with Gasteiger partial charge in [0.15, 0.2) is 35.6 Å². The van der Waals surface area contributed by atoms with Gasteiger partial charge in [-0.15, -0.1) is 0 Å². The first-order chi connectivity index (χ1) is 20.7. The van der Waals surface area contributed by atoms with E-state index in [1.807, 2.05) is 13.1 Å². The summed E-state index contributed by atoms with van der Waals surface area (Å²) in [6.45, 7) is 14.2. The zero-order valence-electron chi connectivity index (χ0n) is 27.3. The molecule has 0 saturated carbocycles. The Balaban J connectivity index is 1.35. The van der Waals surface area contributed by atoms with Crippen LogP contribution >= 0.6 is 0 Å². The number of benzene rings is 1. The third-order valence-corrected chi connectivity index (χ3v) is 9.11. The van der Waals surface area contributed by atoms with Crippen molar-refractivity contribution in [2.45, 2.75) is 127 Å². The van der Waals surface area contributed by atoms with Crippen LogP contribution in [0.4, 0.5) is 4.79 Å². The number of piperidine rings is 1. The number of likely N-dealkylation sites (tertiary alicyclic amines) is 1. The normalized spacial score (nSPS) is 33.0. The Morgan fingerprint density at radius 1 is 0.956 bits per heavy atom. The Morgan fingerprint density at radius 3 is 2.24 bits per heavy atom. The zero-order chi connectivity index (χ0) is 32.9. The number of ether oxygens (including phenoxy) is 7. The average molecular weight is 630 g/mol. The van der Waals surface area contributed by atoms with Gasteiger partial charge >= 0.3 is 18.1 Å². The minimum Gasteiger partial charge on any atom is -0.477 e. The molecule has 246 valence electrons. The van der Waals surface area contributed by atoms with Crippen LogP contribution in [-0.2, 0) is 45.1 Å². The van der Waals surface area contributed by atoms with Crippen LogP contribution in [0.3, 0.4) is 0 Å². The molecule has 1 aromatic carbocycles. The number of esters is 2. The molecule has 0 radical (unpaired) electrons. The van der Waals surface area contributed by atoms with Crippen LogP contribution in [0.15, 0.2) is 24.0 Å². The molecule has 45 heavy (non-hydrogen) atoms. The molecule has 2 fully saturated rings. The van der Waals surface area contributed by atoms with Crippen molar-refractivity contribution < 1.29 is 52.6 Å². The van der Waals surface area contributed by atoms with Gasteiger partial charge in [0.25, 0.3) is 0 Å². The zero-order valence-corrected chi connectivity index (χ0v) is 27.3. The van der Waals surface area contributed by atoms with Crippen LogP contribution in [0, 0.1) is 0 Å². The highest BCUT2D eigenvalue weighted by atomic mass is 16.8. The van der Waals surface area contributed by atoms with E-state index in [2.05, 4.69) is 4.90 Å². The molecule has 1 spiro atoms. The van der Waals surface area contributed by atoms with E-state index in [4.69, 9.17) is 33.2 Å². The summed E-state index contributed by atoms with van der Waals surface area (Å²) < 4.78 is 40.8. The van der Waals surface area contributed by atoms with E-state index in [0.717, 1.165) is 11.1 Å². The van der Waals surface area contributed by atoms with Crippen molar-refractivity contribution >= 4 is 18.1 Å². The molecule has 3 heterocycles. The molecule has 6 rings (SSSR count). The van der Waals surface area contributed by atoms with Gasteiger partial charge in [-0.3, -0.25) is 0 Å². The summed E-state index contributed by atoms with van der Waals surface area (Å²) in [5.74, 6) is -2.22. The largest absolute Gasteiger partial charge is 0.514 e. The summed E-state index contributed by atoms with van der Waals surface area (Å²) in [4.78, 5) is 41.7. The summed E-state index contributed by atoms with van der Waals surface area (Å²) >= 11 is 0. The van der Waals surface area contributed by atoms with E-state index in [0.29, 0.717) is 25.1 Å². The topological polar surface area (TPSA) is 139 Å². The Morgan fingerprint density at radius 2 is 1.60 bits per heavy atom. The van der Waals surface area contributed by atoms with E-state index < -0.39 is 64.4 Å². The summed E-state index contributed by atoms with van der Waals surface area (Å²) in [6.07, 6.45) is -1.68. The van der Waals surface area contributed by atoms with Gasteiger partial charge in [0.1, 0.15) is 17.0 Å². The molecule has 0 unspecified atom stereocenters. The van der Waals surface area contributed by atoms with E-state index >= 15 is 0 Å². The lowest BCUT2D eigenvalue weighted by Gasteiger charge is -2.61. The maximum atomic E-state index is 13.8. The van der Waals surface area contributed by atoms with Crippen LogP contribution < -0.4 is 9.47 Å².